The SMILES string of the molecule is CCNC(C)c1ccc(N(C)C(C)CO)c(Cl)c1. The molecule has 0 fully saturated rings. The molecule has 4 heteroatoms. The zero-order valence-corrected chi connectivity index (χ0v) is 12.3. The third kappa shape index (κ3) is 3.61. The first kappa shape index (κ1) is 15.3. The first-order valence-electron chi connectivity index (χ1n) is 6.37. The zero-order valence-electron chi connectivity index (χ0n) is 11.6. The van der Waals surface area contributed by atoms with Crippen LogP contribution in [0.5, 0.6) is 0 Å². The molecule has 0 aliphatic heterocycles. The first-order valence-corrected chi connectivity index (χ1v) is 6.75. The highest BCUT2D eigenvalue weighted by molar-refractivity contribution is 6.33. The van der Waals surface area contributed by atoms with E-state index in [1.807, 2.05) is 31.0 Å². The summed E-state index contributed by atoms with van der Waals surface area (Å²) in [7, 11) is 1.94. The number of anilines is 1. The first-order chi connectivity index (χ1) is 8.51. The van der Waals surface area contributed by atoms with Crippen LogP contribution in [0.25, 0.3) is 0 Å². The van der Waals surface area contributed by atoms with Crippen molar-refractivity contribution in [2.24, 2.45) is 0 Å². The molecular weight excluding hydrogens is 248 g/mol. The molecule has 18 heavy (non-hydrogen) atoms. The average Bonchev–Trinajstić information content (AvgIpc) is 2.37. The summed E-state index contributed by atoms with van der Waals surface area (Å²) < 4.78 is 0. The van der Waals surface area contributed by atoms with Crippen molar-refractivity contribution >= 4 is 17.3 Å². The zero-order chi connectivity index (χ0) is 13.7. The molecule has 0 spiro atoms. The number of hydrogen-bond donors (Lipinski definition) is 2. The molecule has 3 nitrogen and oxygen atoms in total. The van der Waals surface area contributed by atoms with Crippen molar-refractivity contribution in [2.75, 3.05) is 25.1 Å². The van der Waals surface area contributed by atoms with E-state index in [4.69, 9.17) is 11.6 Å². The van der Waals surface area contributed by atoms with E-state index in [0.717, 1.165) is 17.3 Å². The molecule has 1 aromatic rings. The smallest absolute Gasteiger partial charge is 0.0642 e. The standard InChI is InChI=1S/C14H23ClN2O/c1-5-16-11(3)12-6-7-14(13(15)8-12)17(4)10(2)9-18/h6-8,10-11,16,18H,5,9H2,1-4H3. The molecule has 2 unspecified atom stereocenters. The second-order valence-electron chi connectivity index (χ2n) is 4.63. The van der Waals surface area contributed by atoms with Crippen molar-refractivity contribution in [1.29, 1.82) is 0 Å². The Labute approximate surface area is 115 Å². The Bertz CT molecular complexity index is 384. The maximum Gasteiger partial charge on any atom is 0.0642 e. The summed E-state index contributed by atoms with van der Waals surface area (Å²) in [6.45, 7) is 7.22. The molecule has 1 rings (SSSR count). The van der Waals surface area contributed by atoms with Crippen LogP contribution >= 0.6 is 11.6 Å². The number of benzene rings is 1. The Morgan fingerprint density at radius 1 is 1.39 bits per heavy atom. The van der Waals surface area contributed by atoms with E-state index in [1.54, 1.807) is 0 Å². The normalized spacial score (nSPS) is 14.3. The van der Waals surface area contributed by atoms with Crippen LogP contribution in [-0.2, 0) is 0 Å². The lowest BCUT2D eigenvalue weighted by atomic mass is 10.1. The van der Waals surface area contributed by atoms with Crippen molar-refractivity contribution in [3.05, 3.63) is 28.8 Å². The van der Waals surface area contributed by atoms with E-state index in [1.165, 1.54) is 5.56 Å². The van der Waals surface area contributed by atoms with Crippen molar-refractivity contribution in [3.8, 4) is 0 Å². The maximum atomic E-state index is 9.18. The maximum absolute atomic E-state index is 9.18. The van der Waals surface area contributed by atoms with Gasteiger partial charge in [0.15, 0.2) is 0 Å². The Morgan fingerprint density at radius 3 is 2.56 bits per heavy atom. The van der Waals surface area contributed by atoms with Gasteiger partial charge in [0.1, 0.15) is 0 Å². The second kappa shape index (κ2) is 6.98. The Kier molecular flexibility index (Phi) is 5.93. The van der Waals surface area contributed by atoms with Crippen molar-refractivity contribution in [3.63, 3.8) is 0 Å². The highest BCUT2D eigenvalue weighted by Crippen LogP contribution is 2.29. The van der Waals surface area contributed by atoms with Gasteiger partial charge in [0.05, 0.1) is 17.3 Å². The van der Waals surface area contributed by atoms with Gasteiger partial charge in [-0.3, -0.25) is 0 Å². The number of nitrogens with one attached hydrogen (secondary N) is 1. The van der Waals surface area contributed by atoms with Gasteiger partial charge in [0, 0.05) is 19.1 Å². The van der Waals surface area contributed by atoms with Crippen LogP contribution in [0.15, 0.2) is 18.2 Å². The van der Waals surface area contributed by atoms with Crippen LogP contribution in [-0.4, -0.2) is 31.3 Å². The molecule has 0 saturated carbocycles. The van der Waals surface area contributed by atoms with Crippen LogP contribution in [0.1, 0.15) is 32.4 Å². The summed E-state index contributed by atoms with van der Waals surface area (Å²) in [6, 6.07) is 6.43. The molecule has 102 valence electrons. The van der Waals surface area contributed by atoms with E-state index in [-0.39, 0.29) is 12.6 Å². The number of nitrogens with zero attached hydrogens (tertiary/aromatic N) is 1. The number of halogens is 1. The van der Waals surface area contributed by atoms with E-state index < -0.39 is 0 Å². The van der Waals surface area contributed by atoms with Crippen LogP contribution in [0.3, 0.4) is 0 Å². The highest BCUT2D eigenvalue weighted by atomic mass is 35.5. The summed E-state index contributed by atoms with van der Waals surface area (Å²) in [4.78, 5) is 1.99. The molecule has 1 aromatic carbocycles. The van der Waals surface area contributed by atoms with Gasteiger partial charge in [-0.25, -0.2) is 0 Å². The molecule has 0 bridgehead atoms. The number of aliphatic hydroxyl groups excluding tert-OH is 1. The van der Waals surface area contributed by atoms with Crippen LogP contribution in [0, 0.1) is 0 Å². The lowest BCUT2D eigenvalue weighted by Gasteiger charge is -2.27. The van der Waals surface area contributed by atoms with Gasteiger partial charge < -0.3 is 15.3 Å². The van der Waals surface area contributed by atoms with Gasteiger partial charge in [-0.15, -0.1) is 0 Å². The molecule has 0 aliphatic rings. The van der Waals surface area contributed by atoms with Crippen molar-refractivity contribution in [2.45, 2.75) is 32.9 Å². The fraction of sp³-hybridized carbons (Fsp3) is 0.571. The van der Waals surface area contributed by atoms with Gasteiger partial charge >= 0.3 is 0 Å². The number of rotatable bonds is 6. The molecule has 0 saturated heterocycles. The summed E-state index contributed by atoms with van der Waals surface area (Å²) in [5, 5.41) is 13.3. The molecule has 0 aromatic heterocycles. The van der Waals surface area contributed by atoms with Crippen LogP contribution in [0.2, 0.25) is 5.02 Å². The fourth-order valence-corrected chi connectivity index (χ4v) is 2.18. The van der Waals surface area contributed by atoms with Gasteiger partial charge in [-0.1, -0.05) is 24.6 Å². The minimum Gasteiger partial charge on any atom is -0.394 e. The highest BCUT2D eigenvalue weighted by Gasteiger charge is 2.13. The molecular formula is C14H23ClN2O. The summed E-state index contributed by atoms with van der Waals surface area (Å²) in [5.41, 5.74) is 2.13. The lowest BCUT2D eigenvalue weighted by molar-refractivity contribution is 0.270. The molecule has 0 radical (unpaired) electrons. The van der Waals surface area contributed by atoms with E-state index in [9.17, 15) is 5.11 Å². The molecule has 2 atom stereocenters. The summed E-state index contributed by atoms with van der Waals surface area (Å²) in [6.07, 6.45) is 0. The largest absolute Gasteiger partial charge is 0.394 e. The third-order valence-electron chi connectivity index (χ3n) is 3.29. The van der Waals surface area contributed by atoms with Crippen molar-refractivity contribution in [1.82, 2.24) is 5.32 Å². The Morgan fingerprint density at radius 2 is 2.06 bits per heavy atom. The second-order valence-corrected chi connectivity index (χ2v) is 5.04. The number of hydrogen-bond acceptors (Lipinski definition) is 3. The summed E-state index contributed by atoms with van der Waals surface area (Å²) in [5.74, 6) is 0. The Hall–Kier alpha value is -0.770. The molecule has 0 aliphatic carbocycles. The molecule has 0 amide bonds. The van der Waals surface area contributed by atoms with Crippen LogP contribution in [0.4, 0.5) is 5.69 Å². The summed E-state index contributed by atoms with van der Waals surface area (Å²) >= 11 is 6.32. The predicted octanol–water partition coefficient (Wildman–Crippen LogP) is 2.83. The number of likely N-dealkylation sites (N-methyl/N-ethyl adjacent to an activating group) is 1. The minimum absolute atomic E-state index is 0.0551. The molecule has 2 N–H and O–H groups in total. The van der Waals surface area contributed by atoms with Gasteiger partial charge in [0.2, 0.25) is 0 Å². The lowest BCUT2D eigenvalue weighted by Crippen LogP contribution is -2.32. The monoisotopic (exact) mass is 270 g/mol. The third-order valence-corrected chi connectivity index (χ3v) is 3.59. The van der Waals surface area contributed by atoms with Crippen LogP contribution < -0.4 is 10.2 Å². The van der Waals surface area contributed by atoms with Gasteiger partial charge in [-0.2, -0.15) is 0 Å². The van der Waals surface area contributed by atoms with E-state index in [2.05, 4.69) is 25.2 Å². The molecule has 0 heterocycles. The van der Waals surface area contributed by atoms with Crippen molar-refractivity contribution < 1.29 is 5.11 Å². The predicted molar refractivity (Wildman–Crippen MR) is 78.5 cm³/mol. The minimum atomic E-state index is 0.0551. The topological polar surface area (TPSA) is 35.5 Å². The Balaban J connectivity index is 2.92. The van der Waals surface area contributed by atoms with E-state index in [0.29, 0.717) is 6.04 Å². The number of aliphatic hydroxyl groups is 1. The van der Waals surface area contributed by atoms with Gasteiger partial charge in [0.25, 0.3) is 0 Å². The van der Waals surface area contributed by atoms with E-state index >= 15 is 0 Å². The average molecular weight is 271 g/mol. The quantitative estimate of drug-likeness (QED) is 0.834. The fourth-order valence-electron chi connectivity index (χ4n) is 1.86. The van der Waals surface area contributed by atoms with Gasteiger partial charge in [-0.05, 0) is 38.1 Å².